The second kappa shape index (κ2) is 5.27. The van der Waals surface area contributed by atoms with Gasteiger partial charge in [0.2, 0.25) is 0 Å². The Morgan fingerprint density at radius 3 is 2.28 bits per heavy atom. The average Bonchev–Trinajstić information content (AvgIpc) is 2.94. The van der Waals surface area contributed by atoms with Gasteiger partial charge in [-0.2, -0.15) is 0 Å². The van der Waals surface area contributed by atoms with Gasteiger partial charge in [0.1, 0.15) is 0 Å². The van der Waals surface area contributed by atoms with Crippen molar-refractivity contribution in [2.24, 2.45) is 4.99 Å². The first kappa shape index (κ1) is 11.4. The van der Waals surface area contributed by atoms with Gasteiger partial charge in [-0.1, -0.05) is 54.2 Å². The highest BCUT2D eigenvalue weighted by Crippen LogP contribution is 2.22. The molecule has 18 heavy (non-hydrogen) atoms. The Bertz CT molecular complexity index is 546. The number of thioether (sulfide) groups is 1. The lowest BCUT2D eigenvalue weighted by molar-refractivity contribution is 1.17. The number of anilines is 1. The minimum Gasteiger partial charge on any atom is -0.335 e. The van der Waals surface area contributed by atoms with Crippen molar-refractivity contribution in [1.82, 2.24) is 0 Å². The first-order valence-corrected chi connectivity index (χ1v) is 7.00. The molecule has 0 bridgehead atoms. The molecule has 0 saturated heterocycles. The smallest absolute Gasteiger partial charge is 0.161 e. The Balaban J connectivity index is 1.77. The topological polar surface area (TPSA) is 24.4 Å². The van der Waals surface area contributed by atoms with Gasteiger partial charge in [-0.15, -0.1) is 0 Å². The standard InChI is InChI=1S/C15H14N2S/c1-2-4-12(5-3-1)13-6-8-14(9-7-13)17-15-16-10-11-18-15/h1-9H,10-11H2,(H,16,17). The van der Waals surface area contributed by atoms with Crippen LogP contribution in [-0.4, -0.2) is 17.5 Å². The van der Waals surface area contributed by atoms with Gasteiger partial charge in [-0.05, 0) is 23.3 Å². The van der Waals surface area contributed by atoms with E-state index in [0.29, 0.717) is 0 Å². The van der Waals surface area contributed by atoms with E-state index in [1.807, 2.05) is 6.07 Å². The number of benzene rings is 2. The van der Waals surface area contributed by atoms with Gasteiger partial charge < -0.3 is 5.32 Å². The van der Waals surface area contributed by atoms with Crippen LogP contribution in [0.1, 0.15) is 0 Å². The normalized spacial score (nSPS) is 14.3. The van der Waals surface area contributed by atoms with E-state index in [4.69, 9.17) is 0 Å². The SMILES string of the molecule is c1ccc(-c2ccc(NC3=NCCS3)cc2)cc1. The summed E-state index contributed by atoms with van der Waals surface area (Å²) in [5, 5.41) is 4.36. The molecule has 0 spiro atoms. The Morgan fingerprint density at radius 1 is 0.889 bits per heavy atom. The van der Waals surface area contributed by atoms with Crippen LogP contribution in [0.25, 0.3) is 11.1 Å². The van der Waals surface area contributed by atoms with Gasteiger partial charge in [-0.3, -0.25) is 4.99 Å². The van der Waals surface area contributed by atoms with Gasteiger partial charge in [0.05, 0.1) is 6.54 Å². The fourth-order valence-corrected chi connectivity index (χ4v) is 2.66. The molecule has 0 aliphatic carbocycles. The third-order valence-corrected chi connectivity index (χ3v) is 3.72. The molecule has 0 saturated carbocycles. The zero-order valence-corrected chi connectivity index (χ0v) is 10.8. The molecule has 0 radical (unpaired) electrons. The number of hydrogen-bond acceptors (Lipinski definition) is 3. The molecule has 0 unspecified atom stereocenters. The Kier molecular flexibility index (Phi) is 3.33. The van der Waals surface area contributed by atoms with Crippen LogP contribution in [0.15, 0.2) is 59.6 Å². The first-order chi connectivity index (χ1) is 8.92. The van der Waals surface area contributed by atoms with Crippen molar-refractivity contribution in [3.05, 3.63) is 54.6 Å². The fourth-order valence-electron chi connectivity index (χ4n) is 1.91. The summed E-state index contributed by atoms with van der Waals surface area (Å²) in [4.78, 5) is 4.38. The predicted molar refractivity (Wildman–Crippen MR) is 80.3 cm³/mol. The summed E-state index contributed by atoms with van der Waals surface area (Å²) in [5.74, 6) is 1.09. The molecule has 3 heteroatoms. The highest BCUT2D eigenvalue weighted by molar-refractivity contribution is 8.14. The van der Waals surface area contributed by atoms with Crippen molar-refractivity contribution >= 4 is 22.6 Å². The highest BCUT2D eigenvalue weighted by atomic mass is 32.2. The number of amidine groups is 1. The van der Waals surface area contributed by atoms with Gasteiger partial charge in [0.25, 0.3) is 0 Å². The van der Waals surface area contributed by atoms with E-state index in [0.717, 1.165) is 23.2 Å². The lowest BCUT2D eigenvalue weighted by Crippen LogP contribution is -2.04. The summed E-state index contributed by atoms with van der Waals surface area (Å²) in [6, 6.07) is 18.9. The summed E-state index contributed by atoms with van der Waals surface area (Å²) >= 11 is 1.78. The number of rotatable bonds is 2. The van der Waals surface area contributed by atoms with Crippen LogP contribution < -0.4 is 5.32 Å². The van der Waals surface area contributed by atoms with Crippen LogP contribution in [0.5, 0.6) is 0 Å². The fraction of sp³-hybridized carbons (Fsp3) is 0.133. The van der Waals surface area contributed by atoms with Crippen molar-refractivity contribution in [1.29, 1.82) is 0 Å². The molecule has 3 rings (SSSR count). The molecule has 1 aliphatic rings. The Morgan fingerprint density at radius 2 is 1.61 bits per heavy atom. The summed E-state index contributed by atoms with van der Waals surface area (Å²) in [6.45, 7) is 0.926. The molecule has 1 heterocycles. The van der Waals surface area contributed by atoms with Gasteiger partial charge in [-0.25, -0.2) is 0 Å². The second-order valence-corrected chi connectivity index (χ2v) is 5.19. The largest absolute Gasteiger partial charge is 0.335 e. The molecule has 0 atom stereocenters. The van der Waals surface area contributed by atoms with Crippen molar-refractivity contribution in [3.8, 4) is 11.1 Å². The second-order valence-electron chi connectivity index (χ2n) is 4.10. The first-order valence-electron chi connectivity index (χ1n) is 6.01. The minimum atomic E-state index is 0.926. The van der Waals surface area contributed by atoms with Crippen LogP contribution in [0.3, 0.4) is 0 Å². The lowest BCUT2D eigenvalue weighted by Gasteiger charge is -2.06. The molecule has 2 aromatic rings. The van der Waals surface area contributed by atoms with E-state index in [2.05, 4.69) is 58.8 Å². The quantitative estimate of drug-likeness (QED) is 0.879. The van der Waals surface area contributed by atoms with Crippen LogP contribution in [0.2, 0.25) is 0 Å². The monoisotopic (exact) mass is 254 g/mol. The molecule has 0 amide bonds. The van der Waals surface area contributed by atoms with Crippen LogP contribution in [0, 0.1) is 0 Å². The highest BCUT2D eigenvalue weighted by Gasteiger charge is 2.06. The van der Waals surface area contributed by atoms with Crippen molar-refractivity contribution < 1.29 is 0 Å². The van der Waals surface area contributed by atoms with E-state index in [-0.39, 0.29) is 0 Å². The third kappa shape index (κ3) is 2.57. The molecule has 1 N–H and O–H groups in total. The maximum Gasteiger partial charge on any atom is 0.161 e. The zero-order valence-electron chi connectivity index (χ0n) is 9.97. The third-order valence-electron chi connectivity index (χ3n) is 2.83. The molecular weight excluding hydrogens is 240 g/mol. The maximum absolute atomic E-state index is 4.38. The predicted octanol–water partition coefficient (Wildman–Crippen LogP) is 3.87. The van der Waals surface area contributed by atoms with Gasteiger partial charge >= 0.3 is 0 Å². The number of hydrogen-bond donors (Lipinski definition) is 1. The van der Waals surface area contributed by atoms with Crippen molar-refractivity contribution in [2.45, 2.75) is 0 Å². The summed E-state index contributed by atoms with van der Waals surface area (Å²) in [7, 11) is 0. The lowest BCUT2D eigenvalue weighted by atomic mass is 10.1. The Labute approximate surface area is 111 Å². The zero-order chi connectivity index (χ0) is 12.2. The average molecular weight is 254 g/mol. The number of nitrogens with zero attached hydrogens (tertiary/aromatic N) is 1. The maximum atomic E-state index is 4.38. The van der Waals surface area contributed by atoms with E-state index in [9.17, 15) is 0 Å². The van der Waals surface area contributed by atoms with E-state index in [1.165, 1.54) is 11.1 Å². The molecule has 2 nitrogen and oxygen atoms in total. The Hall–Kier alpha value is -1.74. The molecule has 1 aliphatic heterocycles. The van der Waals surface area contributed by atoms with Crippen molar-refractivity contribution in [2.75, 3.05) is 17.6 Å². The van der Waals surface area contributed by atoms with Crippen LogP contribution >= 0.6 is 11.8 Å². The van der Waals surface area contributed by atoms with Crippen molar-refractivity contribution in [3.63, 3.8) is 0 Å². The van der Waals surface area contributed by atoms with Crippen LogP contribution in [-0.2, 0) is 0 Å². The summed E-state index contributed by atoms with van der Waals surface area (Å²) in [6.07, 6.45) is 0. The van der Waals surface area contributed by atoms with E-state index >= 15 is 0 Å². The van der Waals surface area contributed by atoms with E-state index < -0.39 is 0 Å². The van der Waals surface area contributed by atoms with Gasteiger partial charge in [0, 0.05) is 11.4 Å². The molecule has 90 valence electrons. The van der Waals surface area contributed by atoms with E-state index in [1.54, 1.807) is 11.8 Å². The van der Waals surface area contributed by atoms with Gasteiger partial charge in [0.15, 0.2) is 5.17 Å². The van der Waals surface area contributed by atoms with Crippen LogP contribution in [0.4, 0.5) is 5.69 Å². The molecule has 2 aromatic carbocycles. The molecule has 0 fully saturated rings. The molecule has 0 aromatic heterocycles. The minimum absolute atomic E-state index is 0.926. The summed E-state index contributed by atoms with van der Waals surface area (Å²) < 4.78 is 0. The summed E-state index contributed by atoms with van der Waals surface area (Å²) in [5.41, 5.74) is 3.58. The number of nitrogens with one attached hydrogen (secondary N) is 1. The number of aliphatic imine (C=N–C) groups is 1. The molecular formula is C15H14N2S.